The monoisotopic (exact) mass is 245 g/mol. The number of hydrogen-bond donors (Lipinski definition) is 1. The molecule has 0 spiro atoms. The number of nitrogens with zero attached hydrogens (tertiary/aromatic N) is 2. The summed E-state index contributed by atoms with van der Waals surface area (Å²) in [6.07, 6.45) is 3.15. The lowest BCUT2D eigenvalue weighted by atomic mass is 10.0. The highest BCUT2D eigenvalue weighted by molar-refractivity contribution is 5.29. The van der Waals surface area contributed by atoms with Crippen molar-refractivity contribution in [1.29, 1.82) is 0 Å². The van der Waals surface area contributed by atoms with Crippen molar-refractivity contribution in [2.75, 3.05) is 13.1 Å². The first kappa shape index (κ1) is 11.1. The Morgan fingerprint density at radius 2 is 1.89 bits per heavy atom. The van der Waals surface area contributed by atoms with E-state index in [1.165, 1.54) is 6.07 Å². The van der Waals surface area contributed by atoms with Crippen LogP contribution in [0.2, 0.25) is 0 Å². The number of halogens is 1. The van der Waals surface area contributed by atoms with Crippen LogP contribution in [0.15, 0.2) is 36.7 Å². The third kappa shape index (κ3) is 2.17. The third-order valence-corrected chi connectivity index (χ3v) is 2.86. The van der Waals surface area contributed by atoms with E-state index in [2.05, 4.69) is 15.3 Å². The Bertz CT molecular complexity index is 540. The molecule has 2 aromatic rings. The minimum Gasteiger partial charge on any atom is -0.451 e. The van der Waals surface area contributed by atoms with Crippen molar-refractivity contribution in [3.8, 4) is 11.5 Å². The predicted molar refractivity (Wildman–Crippen MR) is 64.1 cm³/mol. The number of benzene rings is 1. The Kier molecular flexibility index (Phi) is 2.90. The Balaban J connectivity index is 1.75. The maximum atomic E-state index is 13.4. The molecule has 1 aromatic heterocycles. The number of hydrogen-bond acceptors (Lipinski definition) is 4. The van der Waals surface area contributed by atoms with Crippen LogP contribution in [0, 0.1) is 5.82 Å². The van der Waals surface area contributed by atoms with Crippen molar-refractivity contribution in [3.63, 3.8) is 0 Å². The molecule has 92 valence electrons. The van der Waals surface area contributed by atoms with Crippen LogP contribution in [0.3, 0.4) is 0 Å². The largest absolute Gasteiger partial charge is 0.451 e. The molecular weight excluding hydrogens is 233 g/mol. The Morgan fingerprint density at radius 3 is 2.50 bits per heavy atom. The van der Waals surface area contributed by atoms with E-state index in [9.17, 15) is 4.39 Å². The molecule has 0 amide bonds. The lowest BCUT2D eigenvalue weighted by molar-refractivity contribution is 0.418. The second-order valence-electron chi connectivity index (χ2n) is 4.16. The molecular formula is C13H12FN3O. The SMILES string of the molecule is Fc1ccccc1Oc1cnc(C2CNC2)nc1. The molecule has 0 radical (unpaired) electrons. The van der Waals surface area contributed by atoms with E-state index < -0.39 is 5.82 Å². The summed E-state index contributed by atoms with van der Waals surface area (Å²) < 4.78 is 18.8. The van der Waals surface area contributed by atoms with Gasteiger partial charge in [0.25, 0.3) is 0 Å². The fourth-order valence-electron chi connectivity index (χ4n) is 1.72. The van der Waals surface area contributed by atoms with Crippen LogP contribution >= 0.6 is 0 Å². The van der Waals surface area contributed by atoms with Crippen LogP contribution < -0.4 is 10.1 Å². The van der Waals surface area contributed by atoms with E-state index in [1.807, 2.05) is 0 Å². The summed E-state index contributed by atoms with van der Waals surface area (Å²) in [6.45, 7) is 1.82. The van der Waals surface area contributed by atoms with Crippen molar-refractivity contribution in [1.82, 2.24) is 15.3 Å². The average Bonchev–Trinajstić information content (AvgIpc) is 2.32. The van der Waals surface area contributed by atoms with Crippen molar-refractivity contribution < 1.29 is 9.13 Å². The fourth-order valence-corrected chi connectivity index (χ4v) is 1.72. The van der Waals surface area contributed by atoms with Crippen LogP contribution in [-0.4, -0.2) is 23.1 Å². The molecule has 1 N–H and O–H groups in total. The summed E-state index contributed by atoms with van der Waals surface area (Å²) in [5.41, 5.74) is 0. The van der Waals surface area contributed by atoms with Crippen molar-refractivity contribution in [2.45, 2.75) is 5.92 Å². The topological polar surface area (TPSA) is 47.0 Å². The van der Waals surface area contributed by atoms with Gasteiger partial charge in [0.05, 0.1) is 12.4 Å². The molecule has 5 heteroatoms. The van der Waals surface area contributed by atoms with E-state index in [0.29, 0.717) is 11.7 Å². The number of para-hydroxylation sites is 1. The smallest absolute Gasteiger partial charge is 0.165 e. The zero-order valence-corrected chi connectivity index (χ0v) is 9.64. The molecule has 2 heterocycles. The first-order valence-electron chi connectivity index (χ1n) is 5.78. The Morgan fingerprint density at radius 1 is 1.17 bits per heavy atom. The molecule has 0 unspecified atom stereocenters. The summed E-state index contributed by atoms with van der Waals surface area (Å²) in [7, 11) is 0. The third-order valence-electron chi connectivity index (χ3n) is 2.86. The number of aromatic nitrogens is 2. The normalized spacial score (nSPS) is 15.2. The van der Waals surface area contributed by atoms with Gasteiger partial charge < -0.3 is 10.1 Å². The lowest BCUT2D eigenvalue weighted by Crippen LogP contribution is -2.40. The molecule has 1 aliphatic rings. The first-order valence-corrected chi connectivity index (χ1v) is 5.78. The maximum Gasteiger partial charge on any atom is 0.165 e. The van der Waals surface area contributed by atoms with Gasteiger partial charge in [-0.15, -0.1) is 0 Å². The summed E-state index contributed by atoms with van der Waals surface area (Å²) in [5.74, 6) is 1.40. The van der Waals surface area contributed by atoms with Gasteiger partial charge in [-0.2, -0.15) is 0 Å². The van der Waals surface area contributed by atoms with Crippen LogP contribution in [0.4, 0.5) is 4.39 Å². The molecule has 0 atom stereocenters. The molecule has 0 aliphatic carbocycles. The van der Waals surface area contributed by atoms with Gasteiger partial charge in [-0.05, 0) is 12.1 Å². The summed E-state index contributed by atoms with van der Waals surface area (Å²) in [5, 5.41) is 3.16. The molecule has 0 saturated carbocycles. The second kappa shape index (κ2) is 4.70. The Labute approximate surface area is 104 Å². The highest BCUT2D eigenvalue weighted by Crippen LogP contribution is 2.23. The van der Waals surface area contributed by atoms with E-state index >= 15 is 0 Å². The van der Waals surface area contributed by atoms with Gasteiger partial charge >= 0.3 is 0 Å². The zero-order chi connectivity index (χ0) is 12.4. The fraction of sp³-hybridized carbons (Fsp3) is 0.231. The van der Waals surface area contributed by atoms with Crippen LogP contribution in [0.1, 0.15) is 11.7 Å². The number of rotatable bonds is 3. The van der Waals surface area contributed by atoms with E-state index in [0.717, 1.165) is 18.9 Å². The molecule has 4 nitrogen and oxygen atoms in total. The minimum atomic E-state index is -0.398. The number of ether oxygens (including phenoxy) is 1. The van der Waals surface area contributed by atoms with Gasteiger partial charge in [0.1, 0.15) is 5.82 Å². The van der Waals surface area contributed by atoms with Crippen LogP contribution in [0.25, 0.3) is 0 Å². The van der Waals surface area contributed by atoms with E-state index in [-0.39, 0.29) is 5.75 Å². The molecule has 1 aliphatic heterocycles. The second-order valence-corrected chi connectivity index (χ2v) is 4.16. The average molecular weight is 245 g/mol. The maximum absolute atomic E-state index is 13.4. The van der Waals surface area contributed by atoms with Crippen molar-refractivity contribution >= 4 is 0 Å². The van der Waals surface area contributed by atoms with Crippen LogP contribution in [0.5, 0.6) is 11.5 Å². The molecule has 3 rings (SSSR count). The molecule has 1 aromatic carbocycles. The molecule has 18 heavy (non-hydrogen) atoms. The standard InChI is InChI=1S/C13H12FN3O/c14-11-3-1-2-4-12(11)18-10-7-16-13(17-8-10)9-5-15-6-9/h1-4,7-9,15H,5-6H2. The molecule has 1 fully saturated rings. The van der Waals surface area contributed by atoms with Gasteiger partial charge in [0.2, 0.25) is 0 Å². The van der Waals surface area contributed by atoms with Gasteiger partial charge in [-0.3, -0.25) is 0 Å². The summed E-state index contributed by atoms with van der Waals surface area (Å²) in [4.78, 5) is 8.46. The minimum absolute atomic E-state index is 0.180. The molecule has 0 bridgehead atoms. The zero-order valence-electron chi connectivity index (χ0n) is 9.64. The van der Waals surface area contributed by atoms with Crippen LogP contribution in [-0.2, 0) is 0 Å². The summed E-state index contributed by atoms with van der Waals surface area (Å²) >= 11 is 0. The lowest BCUT2D eigenvalue weighted by Gasteiger charge is -2.25. The van der Waals surface area contributed by atoms with Crippen molar-refractivity contribution in [2.24, 2.45) is 0 Å². The van der Waals surface area contributed by atoms with Gasteiger partial charge in [0.15, 0.2) is 17.3 Å². The quantitative estimate of drug-likeness (QED) is 0.899. The molecule has 1 saturated heterocycles. The van der Waals surface area contributed by atoms with Crippen molar-refractivity contribution in [3.05, 3.63) is 48.3 Å². The first-order chi connectivity index (χ1) is 8.83. The predicted octanol–water partition coefficient (Wildman–Crippen LogP) is 2.09. The van der Waals surface area contributed by atoms with Gasteiger partial charge in [0, 0.05) is 19.0 Å². The number of nitrogens with one attached hydrogen (secondary N) is 1. The van der Waals surface area contributed by atoms with Gasteiger partial charge in [-0.1, -0.05) is 12.1 Å². The highest BCUT2D eigenvalue weighted by atomic mass is 19.1. The van der Waals surface area contributed by atoms with E-state index in [4.69, 9.17) is 4.74 Å². The van der Waals surface area contributed by atoms with Gasteiger partial charge in [-0.25, -0.2) is 14.4 Å². The summed E-state index contributed by atoms with van der Waals surface area (Å²) in [6, 6.07) is 6.25. The highest BCUT2D eigenvalue weighted by Gasteiger charge is 2.21. The Hall–Kier alpha value is -2.01. The van der Waals surface area contributed by atoms with E-state index in [1.54, 1.807) is 30.6 Å².